The van der Waals surface area contributed by atoms with Gasteiger partial charge in [-0.15, -0.1) is 11.3 Å². The minimum atomic E-state index is -0.455. The third-order valence-electron chi connectivity index (χ3n) is 3.67. The highest BCUT2D eigenvalue weighted by Crippen LogP contribution is 2.25. The number of hydrogen-bond donors (Lipinski definition) is 3. The summed E-state index contributed by atoms with van der Waals surface area (Å²) >= 11 is 1.63. The third-order valence-corrected chi connectivity index (χ3v) is 4.61. The van der Waals surface area contributed by atoms with Crippen molar-refractivity contribution in [1.82, 2.24) is 16.0 Å². The minimum Gasteiger partial charge on any atom is -0.335 e. The molecular weight excluding hydrogens is 322 g/mol. The van der Waals surface area contributed by atoms with Crippen LogP contribution < -0.4 is 16.0 Å². The lowest BCUT2D eigenvalue weighted by atomic mass is 10.1. The Morgan fingerprint density at radius 2 is 1.88 bits per heavy atom. The van der Waals surface area contributed by atoms with Gasteiger partial charge in [-0.1, -0.05) is 43.3 Å². The summed E-state index contributed by atoms with van der Waals surface area (Å²) < 4.78 is 0. The van der Waals surface area contributed by atoms with Crippen molar-refractivity contribution in [2.75, 3.05) is 6.54 Å². The Labute approximate surface area is 146 Å². The van der Waals surface area contributed by atoms with Crippen molar-refractivity contribution < 1.29 is 9.59 Å². The van der Waals surface area contributed by atoms with Gasteiger partial charge < -0.3 is 5.32 Å². The van der Waals surface area contributed by atoms with Crippen LogP contribution in [0, 0.1) is 0 Å². The lowest BCUT2D eigenvalue weighted by Gasteiger charge is -2.18. The van der Waals surface area contributed by atoms with Crippen molar-refractivity contribution in [3.05, 3.63) is 58.3 Å². The number of carbonyl (C=O) groups is 2. The van der Waals surface area contributed by atoms with E-state index in [1.165, 1.54) is 0 Å². The van der Waals surface area contributed by atoms with Gasteiger partial charge in [-0.25, -0.2) is 4.79 Å². The summed E-state index contributed by atoms with van der Waals surface area (Å²) in [5, 5.41) is 10.3. The largest absolute Gasteiger partial charge is 0.335 e. The number of amides is 3. The SMILES string of the molecule is CC[C@@H](C)NC(=O)NC(=O)CN[C@H](c1ccccc1)c1cccs1. The second kappa shape index (κ2) is 9.20. The van der Waals surface area contributed by atoms with Gasteiger partial charge in [0.15, 0.2) is 0 Å². The van der Waals surface area contributed by atoms with Gasteiger partial charge in [0, 0.05) is 10.9 Å². The average molecular weight is 345 g/mol. The number of urea groups is 1. The van der Waals surface area contributed by atoms with E-state index in [-0.39, 0.29) is 24.5 Å². The molecule has 128 valence electrons. The molecule has 3 N–H and O–H groups in total. The first-order chi connectivity index (χ1) is 11.6. The molecule has 0 saturated heterocycles. The summed E-state index contributed by atoms with van der Waals surface area (Å²) in [5.74, 6) is -0.353. The number of thiophene rings is 1. The van der Waals surface area contributed by atoms with Crippen molar-refractivity contribution in [2.45, 2.75) is 32.4 Å². The third kappa shape index (κ3) is 5.47. The standard InChI is InChI=1S/C18H23N3O2S/c1-3-13(2)20-18(23)21-16(22)12-19-17(15-10-7-11-24-15)14-8-5-4-6-9-14/h4-11,13,17,19H,3,12H2,1-2H3,(H2,20,21,22,23)/t13-,17-/m1/s1. The van der Waals surface area contributed by atoms with Crippen LogP contribution in [0.15, 0.2) is 47.8 Å². The molecule has 0 saturated carbocycles. The molecule has 0 spiro atoms. The topological polar surface area (TPSA) is 70.2 Å². The molecule has 5 nitrogen and oxygen atoms in total. The molecule has 1 aromatic heterocycles. The zero-order valence-electron chi connectivity index (χ0n) is 13.9. The molecule has 3 amide bonds. The van der Waals surface area contributed by atoms with Crippen LogP contribution in [0.5, 0.6) is 0 Å². The number of nitrogens with one attached hydrogen (secondary N) is 3. The van der Waals surface area contributed by atoms with Crippen molar-refractivity contribution in [1.29, 1.82) is 0 Å². The predicted molar refractivity (Wildman–Crippen MR) is 97.0 cm³/mol. The van der Waals surface area contributed by atoms with E-state index >= 15 is 0 Å². The summed E-state index contributed by atoms with van der Waals surface area (Å²) in [7, 11) is 0. The van der Waals surface area contributed by atoms with Gasteiger partial charge in [-0.05, 0) is 30.4 Å². The Bertz CT molecular complexity index is 644. The minimum absolute atomic E-state index is 0.0361. The van der Waals surface area contributed by atoms with Crippen LogP contribution in [0.3, 0.4) is 0 Å². The molecule has 2 rings (SSSR count). The highest BCUT2D eigenvalue weighted by Gasteiger charge is 2.17. The second-order valence-corrected chi connectivity index (χ2v) is 6.55. The maximum atomic E-state index is 12.0. The quantitative estimate of drug-likeness (QED) is 0.722. The molecule has 0 aliphatic rings. The molecule has 2 aromatic rings. The molecule has 0 aliphatic carbocycles. The highest BCUT2D eigenvalue weighted by molar-refractivity contribution is 7.10. The monoisotopic (exact) mass is 345 g/mol. The van der Waals surface area contributed by atoms with Crippen LogP contribution in [0.1, 0.15) is 36.8 Å². The van der Waals surface area contributed by atoms with Crippen molar-refractivity contribution >= 4 is 23.3 Å². The Morgan fingerprint density at radius 1 is 1.12 bits per heavy atom. The van der Waals surface area contributed by atoms with E-state index in [1.54, 1.807) is 11.3 Å². The molecule has 6 heteroatoms. The molecule has 1 heterocycles. The fourth-order valence-corrected chi connectivity index (χ4v) is 3.04. The van der Waals surface area contributed by atoms with Gasteiger partial charge in [-0.3, -0.25) is 15.4 Å². The summed E-state index contributed by atoms with van der Waals surface area (Å²) in [5.41, 5.74) is 1.08. The molecule has 0 bridgehead atoms. The van der Waals surface area contributed by atoms with Crippen molar-refractivity contribution in [2.24, 2.45) is 0 Å². The van der Waals surface area contributed by atoms with E-state index in [0.717, 1.165) is 16.9 Å². The number of benzene rings is 1. The first kappa shape index (κ1) is 18.2. The number of imide groups is 1. The first-order valence-electron chi connectivity index (χ1n) is 8.02. The van der Waals surface area contributed by atoms with Crippen LogP contribution in [-0.4, -0.2) is 24.5 Å². The van der Waals surface area contributed by atoms with Gasteiger partial charge >= 0.3 is 6.03 Å². The maximum absolute atomic E-state index is 12.0. The molecule has 0 fully saturated rings. The Kier molecular flexibility index (Phi) is 6.96. The Hall–Kier alpha value is -2.18. The Balaban J connectivity index is 1.94. The van der Waals surface area contributed by atoms with Crippen molar-refractivity contribution in [3.63, 3.8) is 0 Å². The second-order valence-electron chi connectivity index (χ2n) is 5.57. The Morgan fingerprint density at radius 3 is 2.50 bits per heavy atom. The molecule has 2 atom stereocenters. The van der Waals surface area contributed by atoms with Crippen LogP contribution in [-0.2, 0) is 4.79 Å². The maximum Gasteiger partial charge on any atom is 0.321 e. The van der Waals surface area contributed by atoms with E-state index < -0.39 is 6.03 Å². The molecule has 0 aliphatic heterocycles. The van der Waals surface area contributed by atoms with E-state index in [2.05, 4.69) is 16.0 Å². The fourth-order valence-electron chi connectivity index (χ4n) is 2.21. The van der Waals surface area contributed by atoms with Crippen LogP contribution >= 0.6 is 11.3 Å². The van der Waals surface area contributed by atoms with Gasteiger partial charge in [0.05, 0.1) is 12.6 Å². The van der Waals surface area contributed by atoms with Crippen molar-refractivity contribution in [3.8, 4) is 0 Å². The summed E-state index contributed by atoms with van der Waals surface area (Å²) in [6.07, 6.45) is 0.814. The smallest absolute Gasteiger partial charge is 0.321 e. The number of rotatable bonds is 7. The van der Waals surface area contributed by atoms with Crippen LogP contribution in [0.25, 0.3) is 0 Å². The number of carbonyl (C=O) groups excluding carboxylic acids is 2. The summed E-state index contributed by atoms with van der Waals surface area (Å²) in [4.78, 5) is 24.8. The van der Waals surface area contributed by atoms with Gasteiger partial charge in [-0.2, -0.15) is 0 Å². The molecule has 1 aromatic carbocycles. The lowest BCUT2D eigenvalue weighted by molar-refractivity contribution is -0.119. The predicted octanol–water partition coefficient (Wildman–Crippen LogP) is 3.05. The normalized spacial score (nSPS) is 13.1. The van der Waals surface area contributed by atoms with Gasteiger partial charge in [0.2, 0.25) is 5.91 Å². The van der Waals surface area contributed by atoms with E-state index in [0.29, 0.717) is 0 Å². The highest BCUT2D eigenvalue weighted by atomic mass is 32.1. The van der Waals surface area contributed by atoms with Gasteiger partial charge in [0.25, 0.3) is 0 Å². The zero-order chi connectivity index (χ0) is 17.4. The van der Waals surface area contributed by atoms with E-state index in [9.17, 15) is 9.59 Å². The summed E-state index contributed by atoms with van der Waals surface area (Å²) in [6, 6.07) is 13.5. The molecule has 24 heavy (non-hydrogen) atoms. The van der Waals surface area contributed by atoms with E-state index in [4.69, 9.17) is 0 Å². The van der Waals surface area contributed by atoms with Gasteiger partial charge in [0.1, 0.15) is 0 Å². The lowest BCUT2D eigenvalue weighted by Crippen LogP contribution is -2.46. The summed E-state index contributed by atoms with van der Waals surface area (Å²) in [6.45, 7) is 3.93. The average Bonchev–Trinajstić information content (AvgIpc) is 3.10. The number of hydrogen-bond acceptors (Lipinski definition) is 4. The van der Waals surface area contributed by atoms with Crippen LogP contribution in [0.2, 0.25) is 0 Å². The molecule has 0 radical (unpaired) electrons. The fraction of sp³-hybridized carbons (Fsp3) is 0.333. The molecule has 0 unspecified atom stereocenters. The van der Waals surface area contributed by atoms with E-state index in [1.807, 2.05) is 61.7 Å². The molecular formula is C18H23N3O2S. The van der Waals surface area contributed by atoms with Crippen LogP contribution in [0.4, 0.5) is 4.79 Å². The first-order valence-corrected chi connectivity index (χ1v) is 8.90. The zero-order valence-corrected chi connectivity index (χ0v) is 14.7.